The number of para-hydroxylation sites is 1. The molecule has 2 aromatic rings. The molecule has 4 nitrogen and oxygen atoms in total. The Kier molecular flexibility index (Phi) is 6.19. The van der Waals surface area contributed by atoms with E-state index >= 15 is 0 Å². The van der Waals surface area contributed by atoms with Gasteiger partial charge in [-0.05, 0) is 52.7 Å². The quantitative estimate of drug-likeness (QED) is 0.582. The Balaban J connectivity index is 1.95. The molecule has 0 spiro atoms. The summed E-state index contributed by atoms with van der Waals surface area (Å²) in [5, 5.41) is 3.67. The van der Waals surface area contributed by atoms with E-state index in [0.717, 1.165) is 18.3 Å². The van der Waals surface area contributed by atoms with Crippen LogP contribution < -0.4 is 10.2 Å². The summed E-state index contributed by atoms with van der Waals surface area (Å²) in [6.07, 6.45) is -4.13. The maximum absolute atomic E-state index is 12.6. The van der Waals surface area contributed by atoms with Gasteiger partial charge in [-0.2, -0.15) is 18.3 Å². The smallest absolute Gasteiger partial charge is 0.416 e. The molecule has 1 amide bonds. The van der Waals surface area contributed by atoms with Crippen LogP contribution in [0.15, 0.2) is 58.1 Å². The Bertz CT molecular complexity index is 778. The molecule has 2 aromatic carbocycles. The molecular formula is C17H14BrF3N2O2. The summed E-state index contributed by atoms with van der Waals surface area (Å²) >= 11 is 3.30. The number of halogens is 4. The van der Waals surface area contributed by atoms with Crippen LogP contribution in [0.25, 0.3) is 0 Å². The number of nitrogens with one attached hydrogen (secondary N) is 1. The number of carbonyl (C=O) groups is 1. The van der Waals surface area contributed by atoms with E-state index < -0.39 is 23.8 Å². The number of rotatable bonds is 5. The molecule has 8 heteroatoms. The summed E-state index contributed by atoms with van der Waals surface area (Å²) in [5.41, 5.74) is 1.67. The molecule has 0 bridgehead atoms. The van der Waals surface area contributed by atoms with Crippen LogP contribution in [0.5, 0.6) is 5.75 Å². The fourth-order valence-corrected chi connectivity index (χ4v) is 2.22. The first-order valence-electron chi connectivity index (χ1n) is 7.19. The second-order valence-corrected chi connectivity index (χ2v) is 5.90. The molecule has 0 aromatic heterocycles. The summed E-state index contributed by atoms with van der Waals surface area (Å²) < 4.78 is 44.1. The van der Waals surface area contributed by atoms with Crippen LogP contribution in [0.2, 0.25) is 0 Å². The number of hydrogen-bond acceptors (Lipinski definition) is 3. The van der Waals surface area contributed by atoms with Crippen LogP contribution in [0.3, 0.4) is 0 Å². The number of alkyl halides is 3. The summed E-state index contributed by atoms with van der Waals surface area (Å²) in [5.74, 6) is -0.0361. The lowest BCUT2D eigenvalue weighted by Gasteiger charge is -2.13. The third-order valence-electron chi connectivity index (χ3n) is 3.11. The standard InChI is InChI=1S/C17H14BrF3N2O2/c1-11(25-15-8-3-2-7-14(15)18)16(24)23-22-10-12-5-4-6-13(9-12)17(19,20)21/h2-11H,1H3,(H,23,24)/b22-10-/t11-/m1/s1. The van der Waals surface area contributed by atoms with Crippen molar-refractivity contribution >= 4 is 28.1 Å². The molecule has 132 valence electrons. The third-order valence-corrected chi connectivity index (χ3v) is 3.77. The highest BCUT2D eigenvalue weighted by molar-refractivity contribution is 9.10. The first-order chi connectivity index (χ1) is 11.8. The van der Waals surface area contributed by atoms with Crippen LogP contribution in [-0.4, -0.2) is 18.2 Å². The van der Waals surface area contributed by atoms with Gasteiger partial charge in [-0.25, -0.2) is 5.43 Å². The highest BCUT2D eigenvalue weighted by Crippen LogP contribution is 2.29. The average molecular weight is 415 g/mol. The van der Waals surface area contributed by atoms with Crippen LogP contribution in [0, 0.1) is 0 Å². The van der Waals surface area contributed by atoms with Gasteiger partial charge in [0, 0.05) is 0 Å². The maximum atomic E-state index is 12.6. The Hall–Kier alpha value is -2.35. The topological polar surface area (TPSA) is 50.7 Å². The van der Waals surface area contributed by atoms with Crippen LogP contribution in [0.1, 0.15) is 18.1 Å². The minimum absolute atomic E-state index is 0.217. The van der Waals surface area contributed by atoms with Crippen molar-refractivity contribution in [2.24, 2.45) is 5.10 Å². The fourth-order valence-electron chi connectivity index (χ4n) is 1.84. The van der Waals surface area contributed by atoms with Gasteiger partial charge in [-0.3, -0.25) is 4.79 Å². The molecule has 1 atom stereocenters. The van der Waals surface area contributed by atoms with Gasteiger partial charge >= 0.3 is 6.18 Å². The zero-order valence-electron chi connectivity index (χ0n) is 13.0. The highest BCUT2D eigenvalue weighted by Gasteiger charge is 2.30. The van der Waals surface area contributed by atoms with Crippen LogP contribution in [0.4, 0.5) is 13.2 Å². The Labute approximate surface area is 150 Å². The molecular weight excluding hydrogens is 401 g/mol. The van der Waals surface area contributed by atoms with Crippen molar-refractivity contribution in [3.8, 4) is 5.75 Å². The zero-order chi connectivity index (χ0) is 18.4. The lowest BCUT2D eigenvalue weighted by Crippen LogP contribution is -2.33. The molecule has 0 saturated carbocycles. The first kappa shape index (κ1) is 19.0. The van der Waals surface area contributed by atoms with E-state index in [1.54, 1.807) is 24.3 Å². The second kappa shape index (κ2) is 8.15. The monoisotopic (exact) mass is 414 g/mol. The Morgan fingerprint density at radius 2 is 1.96 bits per heavy atom. The van der Waals surface area contributed by atoms with Gasteiger partial charge in [0.25, 0.3) is 5.91 Å². The number of benzene rings is 2. The van der Waals surface area contributed by atoms with Crippen LogP contribution >= 0.6 is 15.9 Å². The normalized spacial score (nSPS) is 12.8. The summed E-state index contributed by atoms with van der Waals surface area (Å²) in [4.78, 5) is 11.9. The molecule has 0 saturated heterocycles. The predicted octanol–water partition coefficient (Wildman–Crippen LogP) is 4.39. The van der Waals surface area contributed by atoms with Gasteiger partial charge in [0.1, 0.15) is 5.75 Å². The minimum atomic E-state index is -4.43. The van der Waals surface area contributed by atoms with Crippen molar-refractivity contribution in [2.45, 2.75) is 19.2 Å². The highest BCUT2D eigenvalue weighted by atomic mass is 79.9. The van der Waals surface area contributed by atoms with Crippen molar-refractivity contribution in [3.63, 3.8) is 0 Å². The molecule has 0 aliphatic rings. The van der Waals surface area contributed by atoms with Gasteiger partial charge < -0.3 is 4.74 Å². The summed E-state index contributed by atoms with van der Waals surface area (Å²) in [6.45, 7) is 1.54. The van der Waals surface area contributed by atoms with E-state index in [1.807, 2.05) is 0 Å². The molecule has 0 aliphatic carbocycles. The van der Waals surface area contributed by atoms with E-state index in [0.29, 0.717) is 10.2 Å². The molecule has 25 heavy (non-hydrogen) atoms. The number of nitrogens with zero attached hydrogens (tertiary/aromatic N) is 1. The molecule has 0 heterocycles. The minimum Gasteiger partial charge on any atom is -0.480 e. The molecule has 2 rings (SSSR count). The number of amides is 1. The van der Waals surface area contributed by atoms with Crippen molar-refractivity contribution in [1.29, 1.82) is 0 Å². The molecule has 0 unspecified atom stereocenters. The molecule has 0 aliphatic heterocycles. The number of hydrogen-bond donors (Lipinski definition) is 1. The maximum Gasteiger partial charge on any atom is 0.416 e. The number of carbonyl (C=O) groups excluding carboxylic acids is 1. The van der Waals surface area contributed by atoms with Gasteiger partial charge in [-0.15, -0.1) is 0 Å². The number of hydrazone groups is 1. The fraction of sp³-hybridized carbons (Fsp3) is 0.176. The number of ether oxygens (including phenoxy) is 1. The van der Waals surface area contributed by atoms with Crippen molar-refractivity contribution in [3.05, 3.63) is 64.1 Å². The van der Waals surface area contributed by atoms with Gasteiger partial charge in [0.15, 0.2) is 6.10 Å². The van der Waals surface area contributed by atoms with Gasteiger partial charge in [0.2, 0.25) is 0 Å². The Morgan fingerprint density at radius 1 is 1.24 bits per heavy atom. The van der Waals surface area contributed by atoms with Crippen molar-refractivity contribution in [1.82, 2.24) is 5.43 Å². The molecule has 0 fully saturated rings. The lowest BCUT2D eigenvalue weighted by molar-refractivity contribution is -0.137. The van der Waals surface area contributed by atoms with Crippen LogP contribution in [-0.2, 0) is 11.0 Å². The largest absolute Gasteiger partial charge is 0.480 e. The van der Waals surface area contributed by atoms with Crippen molar-refractivity contribution < 1.29 is 22.7 Å². The SMILES string of the molecule is C[C@@H](Oc1ccccc1Br)C(=O)N/N=C\c1cccc(C(F)(F)F)c1. The summed E-state index contributed by atoms with van der Waals surface area (Å²) in [6, 6.07) is 11.7. The van der Waals surface area contributed by atoms with E-state index in [1.165, 1.54) is 19.1 Å². The van der Waals surface area contributed by atoms with E-state index in [2.05, 4.69) is 26.5 Å². The van der Waals surface area contributed by atoms with Gasteiger partial charge in [-0.1, -0.05) is 24.3 Å². The summed E-state index contributed by atoms with van der Waals surface area (Å²) in [7, 11) is 0. The van der Waals surface area contributed by atoms with E-state index in [4.69, 9.17) is 4.74 Å². The zero-order valence-corrected chi connectivity index (χ0v) is 14.6. The predicted molar refractivity (Wildman–Crippen MR) is 91.4 cm³/mol. The average Bonchev–Trinajstić information content (AvgIpc) is 2.56. The van der Waals surface area contributed by atoms with E-state index in [-0.39, 0.29) is 5.56 Å². The molecule has 1 N–H and O–H groups in total. The van der Waals surface area contributed by atoms with Gasteiger partial charge in [0.05, 0.1) is 16.3 Å². The second-order valence-electron chi connectivity index (χ2n) is 5.05. The van der Waals surface area contributed by atoms with E-state index in [9.17, 15) is 18.0 Å². The molecule has 0 radical (unpaired) electrons. The van der Waals surface area contributed by atoms with Crippen molar-refractivity contribution in [2.75, 3.05) is 0 Å². The first-order valence-corrected chi connectivity index (χ1v) is 7.98. The third kappa shape index (κ3) is 5.60. The lowest BCUT2D eigenvalue weighted by atomic mass is 10.1. The Morgan fingerprint density at radius 3 is 2.64 bits per heavy atom.